The van der Waals surface area contributed by atoms with Gasteiger partial charge in [-0.3, -0.25) is 14.5 Å². The summed E-state index contributed by atoms with van der Waals surface area (Å²) in [5, 5.41) is 0.592. The Bertz CT molecular complexity index is 873. The highest BCUT2D eigenvalue weighted by Crippen LogP contribution is 2.32. The number of amides is 2. The van der Waals surface area contributed by atoms with E-state index in [2.05, 4.69) is 0 Å². The van der Waals surface area contributed by atoms with Crippen LogP contribution in [-0.2, 0) is 16.1 Å². The highest BCUT2D eigenvalue weighted by atomic mass is 35.5. The maximum Gasteiger partial charge on any atom is 0.277 e. The fourth-order valence-electron chi connectivity index (χ4n) is 3.26. The van der Waals surface area contributed by atoms with E-state index in [9.17, 15) is 9.59 Å². The predicted molar refractivity (Wildman–Crippen MR) is 108 cm³/mol. The summed E-state index contributed by atoms with van der Waals surface area (Å²) in [4.78, 5) is 29.4. The van der Waals surface area contributed by atoms with Crippen molar-refractivity contribution >= 4 is 29.0 Å². The van der Waals surface area contributed by atoms with Gasteiger partial charge in [0, 0.05) is 25.2 Å². The first-order chi connectivity index (χ1) is 12.9. The molecule has 0 bridgehead atoms. The molecule has 1 aliphatic heterocycles. The molecule has 1 aliphatic rings. The van der Waals surface area contributed by atoms with Gasteiger partial charge in [0.25, 0.3) is 11.8 Å². The van der Waals surface area contributed by atoms with E-state index in [0.717, 1.165) is 5.56 Å². The Labute approximate surface area is 165 Å². The zero-order chi connectivity index (χ0) is 19.6. The summed E-state index contributed by atoms with van der Waals surface area (Å²) in [6, 6.07) is 16.9. The van der Waals surface area contributed by atoms with E-state index in [-0.39, 0.29) is 17.7 Å². The minimum Gasteiger partial charge on any atom is -0.365 e. The molecule has 0 unspecified atom stereocenters. The number of imide groups is 1. The molecule has 0 radical (unpaired) electrons. The van der Waals surface area contributed by atoms with Gasteiger partial charge in [-0.2, -0.15) is 0 Å². The summed E-state index contributed by atoms with van der Waals surface area (Å²) in [6.07, 6.45) is 0. The molecule has 2 amide bonds. The predicted octanol–water partition coefficient (Wildman–Crippen LogP) is 4.21. The molecule has 0 aromatic heterocycles. The summed E-state index contributed by atoms with van der Waals surface area (Å²) < 4.78 is 0. The van der Waals surface area contributed by atoms with Crippen LogP contribution in [0.3, 0.4) is 0 Å². The van der Waals surface area contributed by atoms with Crippen molar-refractivity contribution in [3.05, 3.63) is 76.4 Å². The Balaban J connectivity index is 2.03. The van der Waals surface area contributed by atoms with Gasteiger partial charge in [-0.15, -0.1) is 0 Å². The van der Waals surface area contributed by atoms with Crippen LogP contribution >= 0.6 is 11.6 Å². The van der Waals surface area contributed by atoms with Crippen LogP contribution in [0.25, 0.3) is 5.57 Å². The number of likely N-dealkylation sites (N-methyl/N-ethyl adjacent to an activating group) is 1. The number of halogens is 1. The number of hydrogen-bond acceptors (Lipinski definition) is 3. The van der Waals surface area contributed by atoms with Gasteiger partial charge in [0.1, 0.15) is 5.70 Å². The monoisotopic (exact) mass is 382 g/mol. The highest BCUT2D eigenvalue weighted by molar-refractivity contribution is 6.36. The van der Waals surface area contributed by atoms with Gasteiger partial charge in [0.2, 0.25) is 0 Å². The molecule has 4 nitrogen and oxygen atoms in total. The van der Waals surface area contributed by atoms with Gasteiger partial charge in [0.05, 0.1) is 5.57 Å². The summed E-state index contributed by atoms with van der Waals surface area (Å²) in [5.41, 5.74) is 2.66. The molecule has 0 fully saturated rings. The lowest BCUT2D eigenvalue weighted by Gasteiger charge is -2.22. The minimum atomic E-state index is -0.245. The quantitative estimate of drug-likeness (QED) is 0.703. The molecule has 27 heavy (non-hydrogen) atoms. The second kappa shape index (κ2) is 7.97. The average molecular weight is 383 g/mol. The average Bonchev–Trinajstić information content (AvgIpc) is 2.87. The number of hydrogen-bond donors (Lipinski definition) is 0. The molecule has 2 aromatic carbocycles. The molecular weight excluding hydrogens is 360 g/mol. The minimum absolute atomic E-state index is 0.197. The van der Waals surface area contributed by atoms with Crippen molar-refractivity contribution in [1.29, 1.82) is 0 Å². The van der Waals surface area contributed by atoms with E-state index < -0.39 is 0 Å². The number of carbonyl (C=O) groups excluding carboxylic acids is 2. The van der Waals surface area contributed by atoms with Crippen LogP contribution in [0.2, 0.25) is 5.02 Å². The standard InChI is InChI=1S/C22H23ClN2O2/c1-15(2)13-25-21(26)19(17-9-11-18(23)12-10-17)20(22(25)27)24(3)14-16-7-5-4-6-8-16/h4-12,15H,13-14H2,1-3H3. The molecule has 1 heterocycles. The largest absolute Gasteiger partial charge is 0.365 e. The fraction of sp³-hybridized carbons (Fsp3) is 0.273. The Kier molecular flexibility index (Phi) is 5.66. The van der Waals surface area contributed by atoms with Gasteiger partial charge < -0.3 is 4.90 Å². The van der Waals surface area contributed by atoms with Gasteiger partial charge >= 0.3 is 0 Å². The van der Waals surface area contributed by atoms with Crippen molar-refractivity contribution in [2.45, 2.75) is 20.4 Å². The zero-order valence-corrected chi connectivity index (χ0v) is 16.5. The lowest BCUT2D eigenvalue weighted by molar-refractivity contribution is -0.138. The SMILES string of the molecule is CC(C)CN1C(=O)C(c2ccc(Cl)cc2)=C(N(C)Cc2ccccc2)C1=O. The second-order valence-electron chi connectivity index (χ2n) is 7.19. The van der Waals surface area contributed by atoms with Crippen LogP contribution in [0.1, 0.15) is 25.0 Å². The molecular formula is C22H23ClN2O2. The van der Waals surface area contributed by atoms with Crippen LogP contribution < -0.4 is 0 Å². The van der Waals surface area contributed by atoms with E-state index in [1.807, 2.05) is 56.1 Å². The maximum atomic E-state index is 13.1. The molecule has 0 saturated carbocycles. The van der Waals surface area contributed by atoms with Crippen molar-refractivity contribution in [2.24, 2.45) is 5.92 Å². The number of rotatable bonds is 6. The molecule has 3 rings (SSSR count). The molecule has 5 heteroatoms. The molecule has 0 aliphatic carbocycles. The Morgan fingerprint density at radius 1 is 0.963 bits per heavy atom. The third-order valence-electron chi connectivity index (χ3n) is 4.47. The Morgan fingerprint density at radius 2 is 1.59 bits per heavy atom. The first-order valence-corrected chi connectivity index (χ1v) is 9.37. The Hall–Kier alpha value is -2.59. The van der Waals surface area contributed by atoms with E-state index in [4.69, 9.17) is 11.6 Å². The zero-order valence-electron chi connectivity index (χ0n) is 15.8. The van der Waals surface area contributed by atoms with Crippen molar-refractivity contribution < 1.29 is 9.59 Å². The molecule has 140 valence electrons. The number of benzene rings is 2. The number of nitrogens with zero attached hydrogens (tertiary/aromatic N) is 2. The fourth-order valence-corrected chi connectivity index (χ4v) is 3.39. The normalized spacial score (nSPS) is 14.5. The summed E-state index contributed by atoms with van der Waals surface area (Å²) >= 11 is 6.00. The van der Waals surface area contributed by atoms with E-state index in [0.29, 0.717) is 34.9 Å². The van der Waals surface area contributed by atoms with Crippen LogP contribution in [0, 0.1) is 5.92 Å². The lowest BCUT2D eigenvalue weighted by atomic mass is 10.0. The van der Waals surface area contributed by atoms with E-state index in [1.165, 1.54) is 4.90 Å². The van der Waals surface area contributed by atoms with Gasteiger partial charge in [-0.25, -0.2) is 0 Å². The van der Waals surface area contributed by atoms with E-state index >= 15 is 0 Å². The van der Waals surface area contributed by atoms with Crippen molar-refractivity contribution in [1.82, 2.24) is 9.80 Å². The topological polar surface area (TPSA) is 40.6 Å². The Morgan fingerprint density at radius 3 is 2.19 bits per heavy atom. The molecule has 0 atom stereocenters. The smallest absolute Gasteiger partial charge is 0.277 e. The lowest BCUT2D eigenvalue weighted by Crippen LogP contribution is -2.36. The van der Waals surface area contributed by atoms with E-state index in [1.54, 1.807) is 24.3 Å². The van der Waals surface area contributed by atoms with Crippen molar-refractivity contribution in [2.75, 3.05) is 13.6 Å². The number of carbonyl (C=O) groups is 2. The summed E-state index contributed by atoms with van der Waals surface area (Å²) in [6.45, 7) is 4.93. The first kappa shape index (κ1) is 19.2. The second-order valence-corrected chi connectivity index (χ2v) is 7.62. The van der Waals surface area contributed by atoms with Crippen molar-refractivity contribution in [3.63, 3.8) is 0 Å². The maximum absolute atomic E-state index is 13.1. The third-order valence-corrected chi connectivity index (χ3v) is 4.72. The molecule has 2 aromatic rings. The van der Waals surface area contributed by atoms with Crippen LogP contribution in [0.5, 0.6) is 0 Å². The van der Waals surface area contributed by atoms with Crippen LogP contribution in [0.15, 0.2) is 60.3 Å². The van der Waals surface area contributed by atoms with Crippen molar-refractivity contribution in [3.8, 4) is 0 Å². The van der Waals surface area contributed by atoms with Gasteiger partial charge in [-0.1, -0.05) is 67.9 Å². The molecule has 0 spiro atoms. The first-order valence-electron chi connectivity index (χ1n) is 9.00. The van der Waals surface area contributed by atoms with Gasteiger partial charge in [0.15, 0.2) is 0 Å². The van der Waals surface area contributed by atoms with Gasteiger partial charge in [-0.05, 0) is 29.2 Å². The molecule has 0 N–H and O–H groups in total. The summed E-state index contributed by atoms with van der Waals surface area (Å²) in [5.74, 6) is -0.286. The summed E-state index contributed by atoms with van der Waals surface area (Å²) in [7, 11) is 1.85. The van der Waals surface area contributed by atoms with Crippen LogP contribution in [-0.4, -0.2) is 35.2 Å². The highest BCUT2D eigenvalue weighted by Gasteiger charge is 2.40. The molecule has 0 saturated heterocycles. The third kappa shape index (κ3) is 4.06. The van der Waals surface area contributed by atoms with Crippen LogP contribution in [0.4, 0.5) is 0 Å².